The summed E-state index contributed by atoms with van der Waals surface area (Å²) in [4.78, 5) is 23.6. The molecular formula is C17H16FNO5S. The van der Waals surface area contributed by atoms with Crippen molar-refractivity contribution in [3.05, 3.63) is 65.5 Å². The molecule has 0 aliphatic carbocycles. The Hall–Kier alpha value is -2.74. The topological polar surface area (TPSA) is 89.5 Å². The second-order valence-corrected chi connectivity index (χ2v) is 7.54. The molecule has 0 spiro atoms. The van der Waals surface area contributed by atoms with Crippen molar-refractivity contribution in [3.63, 3.8) is 0 Å². The molecule has 2 aromatic rings. The molecule has 2 rings (SSSR count). The number of sulfone groups is 1. The highest BCUT2D eigenvalue weighted by molar-refractivity contribution is 7.89. The summed E-state index contributed by atoms with van der Waals surface area (Å²) in [7, 11) is -3.16. The van der Waals surface area contributed by atoms with Gasteiger partial charge >= 0.3 is 5.97 Å². The van der Waals surface area contributed by atoms with Crippen LogP contribution in [0, 0.1) is 5.82 Å². The number of hydrogen-bond donors (Lipinski definition) is 1. The van der Waals surface area contributed by atoms with Gasteiger partial charge in [-0.05, 0) is 42.0 Å². The van der Waals surface area contributed by atoms with E-state index in [1.807, 2.05) is 0 Å². The fraction of sp³-hybridized carbons (Fsp3) is 0.176. The lowest BCUT2D eigenvalue weighted by atomic mass is 10.1. The van der Waals surface area contributed by atoms with Gasteiger partial charge in [0.1, 0.15) is 5.82 Å². The van der Waals surface area contributed by atoms with Crippen molar-refractivity contribution in [1.29, 1.82) is 0 Å². The summed E-state index contributed by atoms with van der Waals surface area (Å²) in [5.41, 5.74) is 1.13. The zero-order valence-electron chi connectivity index (χ0n) is 13.4. The number of rotatable bonds is 6. The van der Waals surface area contributed by atoms with Gasteiger partial charge in [-0.2, -0.15) is 0 Å². The van der Waals surface area contributed by atoms with Gasteiger partial charge in [-0.3, -0.25) is 4.79 Å². The molecule has 2 aromatic carbocycles. The Morgan fingerprint density at radius 2 is 1.64 bits per heavy atom. The third-order valence-corrected chi connectivity index (χ3v) is 3.94. The number of esters is 1. The van der Waals surface area contributed by atoms with Crippen LogP contribution in [0.25, 0.3) is 0 Å². The molecule has 0 fully saturated rings. The molecule has 132 valence electrons. The number of hydrogen-bond acceptors (Lipinski definition) is 5. The minimum atomic E-state index is -3.16. The van der Waals surface area contributed by atoms with Gasteiger partial charge in [0, 0.05) is 11.9 Å². The third kappa shape index (κ3) is 6.34. The van der Waals surface area contributed by atoms with E-state index in [2.05, 4.69) is 5.32 Å². The number of benzene rings is 2. The summed E-state index contributed by atoms with van der Waals surface area (Å²) >= 11 is 0. The Balaban J connectivity index is 1.87. The van der Waals surface area contributed by atoms with E-state index in [-0.39, 0.29) is 11.3 Å². The Morgan fingerprint density at radius 3 is 2.20 bits per heavy atom. The van der Waals surface area contributed by atoms with E-state index in [4.69, 9.17) is 4.74 Å². The van der Waals surface area contributed by atoms with Gasteiger partial charge in [0.15, 0.2) is 16.4 Å². The van der Waals surface area contributed by atoms with Crippen LogP contribution in [0.5, 0.6) is 0 Å². The molecule has 0 unspecified atom stereocenters. The number of carbonyl (C=O) groups excluding carboxylic acids is 2. The van der Waals surface area contributed by atoms with E-state index in [1.165, 1.54) is 48.5 Å². The zero-order chi connectivity index (χ0) is 18.4. The van der Waals surface area contributed by atoms with Crippen molar-refractivity contribution in [2.24, 2.45) is 0 Å². The molecule has 1 N–H and O–H groups in total. The van der Waals surface area contributed by atoms with E-state index in [1.54, 1.807) is 0 Å². The Morgan fingerprint density at radius 1 is 1.04 bits per heavy atom. The maximum atomic E-state index is 12.8. The lowest BCUT2D eigenvalue weighted by molar-refractivity contribution is -0.119. The molecule has 0 saturated carbocycles. The van der Waals surface area contributed by atoms with Crippen LogP contribution in [-0.4, -0.2) is 33.2 Å². The van der Waals surface area contributed by atoms with Crippen LogP contribution < -0.4 is 5.32 Å². The molecule has 0 radical (unpaired) electrons. The van der Waals surface area contributed by atoms with Crippen molar-refractivity contribution in [1.82, 2.24) is 0 Å². The van der Waals surface area contributed by atoms with Crippen LogP contribution in [0.2, 0.25) is 0 Å². The van der Waals surface area contributed by atoms with Gasteiger partial charge in [0.2, 0.25) is 0 Å². The normalized spacial score (nSPS) is 11.0. The monoisotopic (exact) mass is 365 g/mol. The average Bonchev–Trinajstić information content (AvgIpc) is 2.54. The highest BCUT2D eigenvalue weighted by Gasteiger charge is 2.11. The molecule has 0 heterocycles. The first-order chi connectivity index (χ1) is 11.7. The number of nitrogens with one attached hydrogen (secondary N) is 1. The van der Waals surface area contributed by atoms with Crippen LogP contribution in [0.15, 0.2) is 48.5 Å². The maximum absolute atomic E-state index is 12.8. The van der Waals surface area contributed by atoms with Gasteiger partial charge in [-0.15, -0.1) is 0 Å². The largest absolute Gasteiger partial charge is 0.452 e. The van der Waals surface area contributed by atoms with Gasteiger partial charge in [-0.25, -0.2) is 17.6 Å². The van der Waals surface area contributed by atoms with Crippen LogP contribution in [0.3, 0.4) is 0 Å². The van der Waals surface area contributed by atoms with Crippen LogP contribution in [0.1, 0.15) is 15.9 Å². The predicted octanol–water partition coefficient (Wildman–Crippen LogP) is 2.17. The smallest absolute Gasteiger partial charge is 0.338 e. The molecule has 25 heavy (non-hydrogen) atoms. The number of amides is 1. The van der Waals surface area contributed by atoms with Gasteiger partial charge in [-0.1, -0.05) is 12.1 Å². The summed E-state index contributed by atoms with van der Waals surface area (Å²) in [6.07, 6.45) is 1.12. The third-order valence-electron chi connectivity index (χ3n) is 3.08. The second kappa shape index (κ2) is 7.89. The summed E-state index contributed by atoms with van der Waals surface area (Å²) in [6.45, 7) is -0.499. The fourth-order valence-electron chi connectivity index (χ4n) is 1.98. The molecule has 0 aliphatic heterocycles. The van der Waals surface area contributed by atoms with Gasteiger partial charge in [0.25, 0.3) is 5.91 Å². The fourth-order valence-corrected chi connectivity index (χ4v) is 2.78. The lowest BCUT2D eigenvalue weighted by Crippen LogP contribution is -2.20. The molecule has 8 heteroatoms. The predicted molar refractivity (Wildman–Crippen MR) is 90.3 cm³/mol. The molecule has 0 bridgehead atoms. The van der Waals surface area contributed by atoms with Gasteiger partial charge in [0.05, 0.1) is 11.3 Å². The minimum absolute atomic E-state index is 0.123. The summed E-state index contributed by atoms with van der Waals surface area (Å²) in [6, 6.07) is 11.0. The SMILES string of the molecule is CS(=O)(=O)Cc1ccc(C(=O)OCC(=O)Nc2ccc(F)cc2)cc1. The number of halogens is 1. The van der Waals surface area contributed by atoms with Crippen molar-refractivity contribution in [3.8, 4) is 0 Å². The lowest BCUT2D eigenvalue weighted by Gasteiger charge is -2.07. The van der Waals surface area contributed by atoms with E-state index in [9.17, 15) is 22.4 Å². The van der Waals surface area contributed by atoms with E-state index < -0.39 is 34.1 Å². The van der Waals surface area contributed by atoms with E-state index in [0.29, 0.717) is 11.3 Å². The van der Waals surface area contributed by atoms with Crippen LogP contribution in [0.4, 0.5) is 10.1 Å². The molecule has 0 atom stereocenters. The minimum Gasteiger partial charge on any atom is -0.452 e. The standard InChI is InChI=1S/C17H16FNO5S/c1-25(22,23)11-12-2-4-13(5-3-12)17(21)24-10-16(20)19-15-8-6-14(18)7-9-15/h2-9H,10-11H2,1H3,(H,19,20). The number of anilines is 1. The Bertz CT molecular complexity index is 861. The Kier molecular flexibility index (Phi) is 5.87. The van der Waals surface area contributed by atoms with Crippen molar-refractivity contribution < 1.29 is 27.1 Å². The first kappa shape index (κ1) is 18.6. The maximum Gasteiger partial charge on any atom is 0.338 e. The summed E-state index contributed by atoms with van der Waals surface area (Å²) in [5.74, 6) is -1.82. The molecular weight excluding hydrogens is 349 g/mol. The van der Waals surface area contributed by atoms with Crippen LogP contribution >= 0.6 is 0 Å². The molecule has 1 amide bonds. The van der Waals surface area contributed by atoms with E-state index >= 15 is 0 Å². The molecule has 0 saturated heterocycles. The number of carbonyl (C=O) groups is 2. The van der Waals surface area contributed by atoms with Gasteiger partial charge < -0.3 is 10.1 Å². The van der Waals surface area contributed by atoms with Crippen LogP contribution in [-0.2, 0) is 25.1 Å². The number of ether oxygens (including phenoxy) is 1. The van der Waals surface area contributed by atoms with Crippen molar-refractivity contribution in [2.45, 2.75) is 5.75 Å². The highest BCUT2D eigenvalue weighted by atomic mass is 32.2. The quantitative estimate of drug-likeness (QED) is 0.793. The first-order valence-electron chi connectivity index (χ1n) is 7.22. The summed E-state index contributed by atoms with van der Waals surface area (Å²) < 4.78 is 40.1. The van der Waals surface area contributed by atoms with Crippen molar-refractivity contribution in [2.75, 3.05) is 18.2 Å². The molecule has 0 aliphatic rings. The second-order valence-electron chi connectivity index (χ2n) is 5.40. The average molecular weight is 365 g/mol. The summed E-state index contributed by atoms with van der Waals surface area (Å²) in [5, 5.41) is 2.46. The Labute approximate surface area is 144 Å². The van der Waals surface area contributed by atoms with Crippen molar-refractivity contribution >= 4 is 27.4 Å². The zero-order valence-corrected chi connectivity index (χ0v) is 14.2. The van der Waals surface area contributed by atoms with E-state index in [0.717, 1.165) is 6.26 Å². The first-order valence-corrected chi connectivity index (χ1v) is 9.28. The molecule has 0 aromatic heterocycles. The molecule has 6 nitrogen and oxygen atoms in total. The highest BCUT2D eigenvalue weighted by Crippen LogP contribution is 2.10.